The van der Waals surface area contributed by atoms with Crippen LogP contribution in [0.25, 0.3) is 0 Å². The maximum absolute atomic E-state index is 5.89. The van der Waals surface area contributed by atoms with E-state index in [2.05, 4.69) is 31.5 Å². The lowest BCUT2D eigenvalue weighted by molar-refractivity contribution is 0.303. The van der Waals surface area contributed by atoms with Crippen molar-refractivity contribution in [3.8, 4) is 0 Å². The predicted octanol–water partition coefficient (Wildman–Crippen LogP) is 3.30. The molecule has 18 heavy (non-hydrogen) atoms. The Labute approximate surface area is 118 Å². The van der Waals surface area contributed by atoms with Crippen molar-refractivity contribution in [3.63, 3.8) is 0 Å². The van der Waals surface area contributed by atoms with E-state index in [1.165, 1.54) is 0 Å². The molecule has 1 aliphatic heterocycles. The maximum atomic E-state index is 5.89. The van der Waals surface area contributed by atoms with Crippen LogP contribution >= 0.6 is 23.8 Å². The van der Waals surface area contributed by atoms with Crippen LogP contribution in [0.3, 0.4) is 0 Å². The Balaban J connectivity index is 2.16. The van der Waals surface area contributed by atoms with E-state index in [9.17, 15) is 0 Å². The van der Waals surface area contributed by atoms with Gasteiger partial charge >= 0.3 is 0 Å². The Morgan fingerprint density at radius 3 is 2.50 bits per heavy atom. The van der Waals surface area contributed by atoms with Crippen LogP contribution in [0.4, 0.5) is 5.69 Å². The largest absolute Gasteiger partial charge is 0.342 e. The molecule has 1 fully saturated rings. The molecule has 1 unspecified atom stereocenters. The summed E-state index contributed by atoms with van der Waals surface area (Å²) in [6.45, 7) is 6.51. The second kappa shape index (κ2) is 5.03. The minimum absolute atomic E-state index is 0.190. The lowest BCUT2D eigenvalue weighted by Gasteiger charge is -2.27. The summed E-state index contributed by atoms with van der Waals surface area (Å²) in [6, 6.07) is 7.62. The zero-order chi connectivity index (χ0) is 13.3. The fourth-order valence-corrected chi connectivity index (χ4v) is 2.80. The Hall–Kier alpha value is -0.840. The second-order valence-corrected chi connectivity index (χ2v) is 6.11. The van der Waals surface area contributed by atoms with Crippen LogP contribution in [-0.4, -0.2) is 10.8 Å². The molecule has 0 aromatic heterocycles. The van der Waals surface area contributed by atoms with Crippen molar-refractivity contribution < 1.29 is 0 Å². The molecule has 0 amide bonds. The molecule has 0 saturated carbocycles. The fourth-order valence-electron chi connectivity index (χ4n) is 2.30. The minimum atomic E-state index is -0.190. The molecule has 0 spiro atoms. The van der Waals surface area contributed by atoms with Crippen molar-refractivity contribution in [2.24, 2.45) is 5.92 Å². The van der Waals surface area contributed by atoms with Gasteiger partial charge in [-0.2, -0.15) is 0 Å². The van der Waals surface area contributed by atoms with E-state index >= 15 is 0 Å². The van der Waals surface area contributed by atoms with Crippen LogP contribution in [0.5, 0.6) is 0 Å². The topological polar surface area (TPSA) is 27.3 Å². The van der Waals surface area contributed by atoms with E-state index in [0.29, 0.717) is 11.0 Å². The van der Waals surface area contributed by atoms with Gasteiger partial charge in [-0.15, -0.1) is 0 Å². The molecule has 1 heterocycles. The molecule has 98 valence electrons. The van der Waals surface area contributed by atoms with Gasteiger partial charge < -0.3 is 5.32 Å². The Bertz CT molecular complexity index is 446. The number of anilines is 1. The first-order valence-electron chi connectivity index (χ1n) is 6.05. The van der Waals surface area contributed by atoms with Gasteiger partial charge in [0.15, 0.2) is 5.11 Å². The van der Waals surface area contributed by atoms with Gasteiger partial charge in [-0.3, -0.25) is 5.01 Å². The average molecular weight is 284 g/mol. The van der Waals surface area contributed by atoms with Crippen LogP contribution in [0.1, 0.15) is 27.2 Å². The number of benzene rings is 1. The Morgan fingerprint density at radius 2 is 1.94 bits per heavy atom. The third kappa shape index (κ3) is 2.94. The zero-order valence-electron chi connectivity index (χ0n) is 10.8. The van der Waals surface area contributed by atoms with Crippen molar-refractivity contribution >= 4 is 34.6 Å². The van der Waals surface area contributed by atoms with Crippen molar-refractivity contribution in [1.82, 2.24) is 10.7 Å². The quantitative estimate of drug-likeness (QED) is 0.833. The van der Waals surface area contributed by atoms with Crippen LogP contribution in [0, 0.1) is 5.92 Å². The Morgan fingerprint density at radius 1 is 1.33 bits per heavy atom. The molecular formula is C13H18ClN3S. The van der Waals surface area contributed by atoms with Gasteiger partial charge in [-0.1, -0.05) is 25.4 Å². The second-order valence-electron chi connectivity index (χ2n) is 5.28. The molecule has 3 nitrogen and oxygen atoms in total. The highest BCUT2D eigenvalue weighted by Crippen LogP contribution is 2.24. The summed E-state index contributed by atoms with van der Waals surface area (Å²) in [6.07, 6.45) is 0.997. The zero-order valence-corrected chi connectivity index (χ0v) is 12.4. The Kier molecular flexibility index (Phi) is 3.80. The summed E-state index contributed by atoms with van der Waals surface area (Å²) in [5, 5.41) is 6.65. The predicted molar refractivity (Wildman–Crippen MR) is 80.7 cm³/mol. The van der Waals surface area contributed by atoms with Gasteiger partial charge in [0.05, 0.1) is 5.69 Å². The lowest BCUT2D eigenvalue weighted by Crippen LogP contribution is -2.49. The lowest BCUT2D eigenvalue weighted by atomic mass is 10.0. The summed E-state index contributed by atoms with van der Waals surface area (Å²) in [4.78, 5) is 0. The van der Waals surface area contributed by atoms with Crippen molar-refractivity contribution in [1.29, 1.82) is 0 Å². The highest BCUT2D eigenvalue weighted by Gasteiger charge is 2.36. The number of hydrogen-bond acceptors (Lipinski definition) is 2. The van der Waals surface area contributed by atoms with Gasteiger partial charge in [0.2, 0.25) is 0 Å². The summed E-state index contributed by atoms with van der Waals surface area (Å²) < 4.78 is 0. The summed E-state index contributed by atoms with van der Waals surface area (Å²) in [5.74, 6) is 0.586. The molecule has 2 N–H and O–H groups in total. The molecule has 1 saturated heterocycles. The molecule has 2 rings (SSSR count). The molecule has 0 aliphatic carbocycles. The highest BCUT2D eigenvalue weighted by molar-refractivity contribution is 7.80. The molecule has 1 aromatic carbocycles. The summed E-state index contributed by atoms with van der Waals surface area (Å²) in [7, 11) is 0. The number of nitrogens with one attached hydrogen (secondary N) is 2. The van der Waals surface area contributed by atoms with Gasteiger partial charge in [0.25, 0.3) is 0 Å². The standard InChI is InChI=1S/C13H18ClN3S/c1-9(2)8-13(3)15-12(18)17(16-13)11-6-4-10(14)5-7-11/h4-7,9,16H,8H2,1-3H3,(H,15,18). The molecular weight excluding hydrogens is 266 g/mol. The number of thiocarbonyl (C=S) groups is 1. The average Bonchev–Trinajstić information content (AvgIpc) is 2.54. The number of hydrogen-bond donors (Lipinski definition) is 2. The SMILES string of the molecule is CC(C)CC1(C)NC(=S)N(c2ccc(Cl)cc2)N1. The van der Waals surface area contributed by atoms with Gasteiger partial charge in [-0.05, 0) is 55.7 Å². The normalized spacial score (nSPS) is 23.6. The van der Waals surface area contributed by atoms with E-state index < -0.39 is 0 Å². The van der Waals surface area contributed by atoms with E-state index in [-0.39, 0.29) is 5.66 Å². The van der Waals surface area contributed by atoms with E-state index in [1.54, 1.807) is 0 Å². The third-order valence-electron chi connectivity index (χ3n) is 2.85. The molecule has 1 aromatic rings. The molecule has 0 bridgehead atoms. The highest BCUT2D eigenvalue weighted by atomic mass is 35.5. The summed E-state index contributed by atoms with van der Waals surface area (Å²) in [5.41, 5.74) is 4.22. The summed E-state index contributed by atoms with van der Waals surface area (Å²) >= 11 is 11.3. The molecule has 1 aliphatic rings. The third-order valence-corrected chi connectivity index (χ3v) is 3.38. The van der Waals surface area contributed by atoms with Crippen molar-refractivity contribution in [2.75, 3.05) is 5.01 Å². The van der Waals surface area contributed by atoms with E-state index in [0.717, 1.165) is 17.1 Å². The van der Waals surface area contributed by atoms with Crippen LogP contribution in [0.15, 0.2) is 24.3 Å². The molecule has 1 atom stereocenters. The minimum Gasteiger partial charge on any atom is -0.342 e. The first-order valence-corrected chi connectivity index (χ1v) is 6.84. The van der Waals surface area contributed by atoms with Crippen LogP contribution in [0.2, 0.25) is 5.02 Å². The van der Waals surface area contributed by atoms with Crippen molar-refractivity contribution in [3.05, 3.63) is 29.3 Å². The monoisotopic (exact) mass is 283 g/mol. The number of halogens is 1. The number of hydrazine groups is 1. The number of rotatable bonds is 3. The van der Waals surface area contributed by atoms with E-state index in [4.69, 9.17) is 23.8 Å². The van der Waals surface area contributed by atoms with Gasteiger partial charge in [0, 0.05) is 5.02 Å². The fraction of sp³-hybridized carbons (Fsp3) is 0.462. The number of nitrogens with zero attached hydrogens (tertiary/aromatic N) is 1. The van der Waals surface area contributed by atoms with Crippen LogP contribution < -0.4 is 15.8 Å². The smallest absolute Gasteiger partial charge is 0.189 e. The maximum Gasteiger partial charge on any atom is 0.189 e. The van der Waals surface area contributed by atoms with Crippen molar-refractivity contribution in [2.45, 2.75) is 32.9 Å². The van der Waals surface area contributed by atoms with Gasteiger partial charge in [0.1, 0.15) is 5.66 Å². The first-order chi connectivity index (χ1) is 8.39. The van der Waals surface area contributed by atoms with E-state index in [1.807, 2.05) is 29.3 Å². The molecule has 0 radical (unpaired) electrons. The first kappa shape index (κ1) is 13.6. The van der Waals surface area contributed by atoms with Gasteiger partial charge in [-0.25, -0.2) is 5.43 Å². The van der Waals surface area contributed by atoms with Crippen LogP contribution in [-0.2, 0) is 0 Å². The molecule has 5 heteroatoms.